The lowest BCUT2D eigenvalue weighted by molar-refractivity contribution is -0.123. The van der Waals surface area contributed by atoms with Crippen LogP contribution in [0.5, 0.6) is 0 Å². The number of anilines is 1. The molecule has 26 heavy (non-hydrogen) atoms. The van der Waals surface area contributed by atoms with Crippen molar-refractivity contribution >= 4 is 21.6 Å². The van der Waals surface area contributed by atoms with Crippen molar-refractivity contribution in [3.05, 3.63) is 24.3 Å². The Labute approximate surface area is 156 Å². The minimum Gasteiger partial charge on any atom is -0.329 e. The second-order valence-corrected chi connectivity index (χ2v) is 8.76. The molecule has 4 N–H and O–H groups in total. The molecule has 8 heteroatoms. The molecule has 1 atom stereocenters. The average molecular weight is 383 g/mol. The first-order chi connectivity index (χ1) is 12.3. The van der Waals surface area contributed by atoms with Gasteiger partial charge in [0.1, 0.15) is 0 Å². The number of nitrogens with one attached hydrogen (secondary N) is 2. The molecular weight excluding hydrogens is 352 g/mol. The second-order valence-electron chi connectivity index (χ2n) is 6.99. The molecule has 0 saturated carbocycles. The van der Waals surface area contributed by atoms with E-state index in [-0.39, 0.29) is 35.9 Å². The van der Waals surface area contributed by atoms with Crippen molar-refractivity contribution in [3.8, 4) is 0 Å². The zero-order chi connectivity index (χ0) is 19.2. The predicted octanol–water partition coefficient (Wildman–Crippen LogP) is 1.37. The van der Waals surface area contributed by atoms with Gasteiger partial charge in [-0.05, 0) is 50.0 Å². The maximum absolute atomic E-state index is 12.9. The summed E-state index contributed by atoms with van der Waals surface area (Å²) in [7, 11) is -3.63. The first kappa shape index (κ1) is 20.8. The van der Waals surface area contributed by atoms with Gasteiger partial charge in [-0.2, -0.15) is 0 Å². The van der Waals surface area contributed by atoms with Crippen molar-refractivity contribution < 1.29 is 13.2 Å². The van der Waals surface area contributed by atoms with Gasteiger partial charge in [0, 0.05) is 18.8 Å². The van der Waals surface area contributed by atoms with Gasteiger partial charge in [-0.15, -0.1) is 0 Å². The number of carbonyl (C=O) groups excluding carboxylic acids is 1. The molecular formula is C18H30N4O3S. The Morgan fingerprint density at radius 1 is 1.23 bits per heavy atom. The molecule has 0 bridgehead atoms. The van der Waals surface area contributed by atoms with Gasteiger partial charge >= 0.3 is 0 Å². The number of carbonyl (C=O) groups is 1. The Morgan fingerprint density at radius 2 is 1.92 bits per heavy atom. The highest BCUT2D eigenvalue weighted by atomic mass is 32.2. The minimum absolute atomic E-state index is 0.0913. The summed E-state index contributed by atoms with van der Waals surface area (Å²) in [6.07, 6.45) is 3.42. The largest absolute Gasteiger partial charge is 0.329 e. The van der Waals surface area contributed by atoms with Crippen LogP contribution in [0.4, 0.5) is 5.69 Å². The van der Waals surface area contributed by atoms with E-state index in [0.717, 1.165) is 25.9 Å². The van der Waals surface area contributed by atoms with Crippen molar-refractivity contribution in [2.45, 2.75) is 44.0 Å². The zero-order valence-corrected chi connectivity index (χ0v) is 16.4. The summed E-state index contributed by atoms with van der Waals surface area (Å²) in [5, 5.41) is 2.89. The lowest BCUT2D eigenvalue weighted by Crippen LogP contribution is -2.49. The van der Waals surface area contributed by atoms with Crippen LogP contribution in [0.25, 0.3) is 0 Å². The third kappa shape index (κ3) is 5.51. The highest BCUT2D eigenvalue weighted by molar-refractivity contribution is 7.89. The van der Waals surface area contributed by atoms with Gasteiger partial charge in [0.25, 0.3) is 0 Å². The lowest BCUT2D eigenvalue weighted by atomic mass is 9.98. The van der Waals surface area contributed by atoms with E-state index in [9.17, 15) is 13.2 Å². The van der Waals surface area contributed by atoms with Crippen molar-refractivity contribution in [1.82, 2.24) is 9.62 Å². The molecule has 1 aliphatic heterocycles. The Kier molecular flexibility index (Phi) is 7.57. The maximum atomic E-state index is 12.9. The van der Waals surface area contributed by atoms with Crippen LogP contribution in [0.3, 0.4) is 0 Å². The number of hydrogen-bond donors (Lipinski definition) is 3. The van der Waals surface area contributed by atoms with Gasteiger partial charge in [-0.25, -0.2) is 13.1 Å². The topological polar surface area (TPSA) is 105 Å². The molecule has 1 aromatic rings. The smallest absolute Gasteiger partial charge is 0.241 e. The van der Waals surface area contributed by atoms with E-state index < -0.39 is 10.0 Å². The molecule has 0 aromatic heterocycles. The number of rotatable bonds is 8. The molecule has 1 aromatic carbocycles. The number of hydrogen-bond acceptors (Lipinski definition) is 5. The van der Waals surface area contributed by atoms with Gasteiger partial charge in [0.15, 0.2) is 0 Å². The van der Waals surface area contributed by atoms with Crippen molar-refractivity contribution in [3.63, 3.8) is 0 Å². The van der Waals surface area contributed by atoms with E-state index >= 15 is 0 Å². The fraction of sp³-hybridized carbons (Fsp3) is 0.611. The minimum atomic E-state index is -3.63. The molecule has 1 amide bonds. The fourth-order valence-electron chi connectivity index (χ4n) is 3.32. The van der Waals surface area contributed by atoms with Crippen molar-refractivity contribution in [2.75, 3.05) is 31.5 Å². The molecule has 146 valence electrons. The lowest BCUT2D eigenvalue weighted by Gasteiger charge is -2.35. The second kappa shape index (κ2) is 9.45. The van der Waals surface area contributed by atoms with E-state index in [0.29, 0.717) is 5.69 Å². The van der Waals surface area contributed by atoms with Gasteiger partial charge in [-0.3, -0.25) is 9.69 Å². The van der Waals surface area contributed by atoms with Gasteiger partial charge in [0.2, 0.25) is 15.9 Å². The molecule has 1 aliphatic rings. The van der Waals surface area contributed by atoms with Crippen LogP contribution in [-0.4, -0.2) is 51.4 Å². The van der Waals surface area contributed by atoms with E-state index in [1.54, 1.807) is 12.1 Å². The maximum Gasteiger partial charge on any atom is 0.241 e. The van der Waals surface area contributed by atoms with Crippen LogP contribution in [0.1, 0.15) is 33.1 Å². The number of benzene rings is 1. The molecule has 7 nitrogen and oxygen atoms in total. The number of nitrogens with two attached hydrogens (primary N) is 1. The van der Waals surface area contributed by atoms with Gasteiger partial charge < -0.3 is 11.1 Å². The zero-order valence-electron chi connectivity index (χ0n) is 15.6. The summed E-state index contributed by atoms with van der Waals surface area (Å²) >= 11 is 0. The van der Waals surface area contributed by atoms with Gasteiger partial charge in [-0.1, -0.05) is 26.3 Å². The Balaban J connectivity index is 2.13. The van der Waals surface area contributed by atoms with Crippen LogP contribution < -0.4 is 15.8 Å². The molecule has 2 rings (SSSR count). The van der Waals surface area contributed by atoms with Crippen LogP contribution in [0, 0.1) is 5.92 Å². The summed E-state index contributed by atoms with van der Waals surface area (Å²) in [6, 6.07) is 6.08. The first-order valence-corrected chi connectivity index (χ1v) is 10.7. The van der Waals surface area contributed by atoms with E-state index in [2.05, 4.69) is 14.9 Å². The monoisotopic (exact) mass is 382 g/mol. The quantitative estimate of drug-likeness (QED) is 0.630. The molecule has 0 spiro atoms. The van der Waals surface area contributed by atoms with Gasteiger partial charge in [0.05, 0.1) is 10.9 Å². The van der Waals surface area contributed by atoms with E-state index in [1.807, 2.05) is 13.8 Å². The van der Waals surface area contributed by atoms with Crippen LogP contribution in [0.15, 0.2) is 29.2 Å². The number of nitrogens with zero attached hydrogens (tertiary/aromatic N) is 1. The summed E-state index contributed by atoms with van der Waals surface area (Å²) in [5.41, 5.74) is 5.83. The van der Waals surface area contributed by atoms with E-state index in [1.165, 1.54) is 18.6 Å². The molecule has 0 aliphatic carbocycles. The summed E-state index contributed by atoms with van der Waals surface area (Å²) < 4.78 is 26.9. The number of likely N-dealkylation sites (tertiary alicyclic amines) is 1. The molecule has 1 unspecified atom stereocenters. The Morgan fingerprint density at radius 3 is 2.54 bits per heavy atom. The van der Waals surface area contributed by atoms with Crippen molar-refractivity contribution in [1.29, 1.82) is 0 Å². The Hall–Kier alpha value is -1.48. The van der Waals surface area contributed by atoms with Crippen LogP contribution in [0.2, 0.25) is 0 Å². The third-order valence-electron chi connectivity index (χ3n) is 4.53. The molecule has 1 heterocycles. The predicted molar refractivity (Wildman–Crippen MR) is 103 cm³/mol. The standard InChI is InChI=1S/C18H30N4O3S/c1-14(2)17(22-11-4-3-5-12-22)18(23)21-15-7-6-8-16(13-15)26(24,25)20-10-9-19/h6-8,13-14,17,20H,3-5,9-12,19H2,1-2H3,(H,21,23). The Bertz CT molecular complexity index is 700. The fourth-order valence-corrected chi connectivity index (χ4v) is 4.41. The molecule has 0 radical (unpaired) electrons. The summed E-state index contributed by atoms with van der Waals surface area (Å²) in [6.45, 7) is 6.32. The number of piperidine rings is 1. The molecule has 1 saturated heterocycles. The number of amides is 1. The van der Waals surface area contributed by atoms with Crippen LogP contribution >= 0.6 is 0 Å². The number of sulfonamides is 1. The highest BCUT2D eigenvalue weighted by Gasteiger charge is 2.30. The third-order valence-corrected chi connectivity index (χ3v) is 5.99. The average Bonchev–Trinajstić information content (AvgIpc) is 2.61. The summed E-state index contributed by atoms with van der Waals surface area (Å²) in [5.74, 6) is 0.0811. The first-order valence-electron chi connectivity index (χ1n) is 9.20. The van der Waals surface area contributed by atoms with Crippen LogP contribution in [-0.2, 0) is 14.8 Å². The molecule has 1 fully saturated rings. The van der Waals surface area contributed by atoms with E-state index in [4.69, 9.17) is 5.73 Å². The SMILES string of the molecule is CC(C)C(C(=O)Nc1cccc(S(=O)(=O)NCCN)c1)N1CCCCC1. The normalized spacial score (nSPS) is 17.2. The summed E-state index contributed by atoms with van der Waals surface area (Å²) in [4.78, 5) is 15.2. The van der Waals surface area contributed by atoms with Crippen molar-refractivity contribution in [2.24, 2.45) is 11.7 Å². The highest BCUT2D eigenvalue weighted by Crippen LogP contribution is 2.21.